The van der Waals surface area contributed by atoms with E-state index in [-0.39, 0.29) is 17.7 Å². The Kier molecular flexibility index (Phi) is 3.78. The summed E-state index contributed by atoms with van der Waals surface area (Å²) in [6.45, 7) is 3.37. The Bertz CT molecular complexity index is 538. The molecule has 0 bridgehead atoms. The molecule has 1 N–H and O–H groups in total. The van der Waals surface area contributed by atoms with Gasteiger partial charge in [0, 0.05) is 30.3 Å². The molecule has 1 aliphatic heterocycles. The van der Waals surface area contributed by atoms with Crippen LogP contribution in [0.25, 0.3) is 0 Å². The van der Waals surface area contributed by atoms with Crippen molar-refractivity contribution >= 4 is 23.0 Å². The zero-order valence-corrected chi connectivity index (χ0v) is 12.5. The summed E-state index contributed by atoms with van der Waals surface area (Å²) in [4.78, 5) is 16.1. The highest BCUT2D eigenvalue weighted by Crippen LogP contribution is 2.36. The molecule has 3 rings (SSSR count). The third kappa shape index (κ3) is 2.35. The number of piperidine rings is 1. The number of carbonyl (C=O) groups is 1. The van der Waals surface area contributed by atoms with E-state index in [0.29, 0.717) is 19.5 Å². The fraction of sp³-hybridized carbons (Fsp3) is 0.600. The van der Waals surface area contributed by atoms with E-state index in [4.69, 9.17) is 5.21 Å². The first kappa shape index (κ1) is 13.6. The SMILES string of the molecule is CC1CN(C(=O)C2CCCc3sccc32)CC/C1=N\O. The van der Waals surface area contributed by atoms with E-state index in [1.165, 1.54) is 10.4 Å². The molecular formula is C15H20N2O2S. The van der Waals surface area contributed by atoms with Crippen LogP contribution in [0.5, 0.6) is 0 Å². The van der Waals surface area contributed by atoms with Gasteiger partial charge >= 0.3 is 0 Å². The summed E-state index contributed by atoms with van der Waals surface area (Å²) in [6, 6.07) is 2.12. The molecule has 2 aliphatic rings. The standard InChI is InChI=1S/C15H20N2O2S/c1-10-9-17(7-5-13(10)16-19)15(18)12-3-2-4-14-11(12)6-8-20-14/h6,8,10,12,19H,2-5,7,9H2,1H3/b16-13+. The summed E-state index contributed by atoms with van der Waals surface area (Å²) in [5.41, 5.74) is 2.06. The van der Waals surface area contributed by atoms with Crippen LogP contribution in [-0.2, 0) is 11.2 Å². The topological polar surface area (TPSA) is 52.9 Å². The molecule has 1 aliphatic carbocycles. The Hall–Kier alpha value is -1.36. The van der Waals surface area contributed by atoms with Crippen LogP contribution in [0.15, 0.2) is 16.6 Å². The van der Waals surface area contributed by atoms with Gasteiger partial charge in [0.05, 0.1) is 11.6 Å². The van der Waals surface area contributed by atoms with E-state index in [2.05, 4.69) is 16.6 Å². The number of aryl methyl sites for hydroxylation is 1. The smallest absolute Gasteiger partial charge is 0.230 e. The molecule has 2 heterocycles. The van der Waals surface area contributed by atoms with Crippen LogP contribution < -0.4 is 0 Å². The second kappa shape index (κ2) is 5.56. The number of likely N-dealkylation sites (tertiary alicyclic amines) is 1. The van der Waals surface area contributed by atoms with Gasteiger partial charge in [-0.3, -0.25) is 4.79 Å². The zero-order valence-electron chi connectivity index (χ0n) is 11.7. The van der Waals surface area contributed by atoms with Crippen molar-refractivity contribution in [2.45, 2.75) is 38.5 Å². The first-order valence-electron chi connectivity index (χ1n) is 7.26. The summed E-state index contributed by atoms with van der Waals surface area (Å²) in [5.74, 6) is 0.459. The summed E-state index contributed by atoms with van der Waals surface area (Å²) in [6.07, 6.45) is 3.88. The van der Waals surface area contributed by atoms with Crippen LogP contribution >= 0.6 is 11.3 Å². The Morgan fingerprint density at radius 1 is 1.50 bits per heavy atom. The molecule has 20 heavy (non-hydrogen) atoms. The Morgan fingerprint density at radius 3 is 3.10 bits per heavy atom. The van der Waals surface area contributed by atoms with Crippen molar-refractivity contribution in [3.05, 3.63) is 21.9 Å². The first-order valence-corrected chi connectivity index (χ1v) is 8.14. The third-order valence-electron chi connectivity index (χ3n) is 4.49. The number of rotatable bonds is 1. The van der Waals surface area contributed by atoms with Gasteiger partial charge < -0.3 is 10.1 Å². The molecule has 0 saturated carbocycles. The number of thiophene rings is 1. The van der Waals surface area contributed by atoms with E-state index in [1.54, 1.807) is 11.3 Å². The van der Waals surface area contributed by atoms with Gasteiger partial charge in [0.25, 0.3) is 0 Å². The summed E-state index contributed by atoms with van der Waals surface area (Å²) in [7, 11) is 0. The van der Waals surface area contributed by atoms with Crippen molar-refractivity contribution in [1.82, 2.24) is 4.90 Å². The molecule has 2 unspecified atom stereocenters. The third-order valence-corrected chi connectivity index (χ3v) is 5.49. The predicted octanol–water partition coefficient (Wildman–Crippen LogP) is 2.87. The molecule has 1 aromatic rings. The number of nitrogens with zero attached hydrogens (tertiary/aromatic N) is 2. The van der Waals surface area contributed by atoms with Crippen LogP contribution in [0, 0.1) is 5.92 Å². The highest BCUT2D eigenvalue weighted by atomic mass is 32.1. The van der Waals surface area contributed by atoms with Gasteiger partial charge in [-0.1, -0.05) is 12.1 Å². The molecule has 1 aromatic heterocycles. The molecule has 108 valence electrons. The van der Waals surface area contributed by atoms with Crippen molar-refractivity contribution in [1.29, 1.82) is 0 Å². The zero-order chi connectivity index (χ0) is 14.1. The molecule has 0 radical (unpaired) electrons. The van der Waals surface area contributed by atoms with Crippen LogP contribution in [0.1, 0.15) is 42.5 Å². The summed E-state index contributed by atoms with van der Waals surface area (Å²) in [5, 5.41) is 14.4. The molecule has 0 aromatic carbocycles. The number of carbonyl (C=O) groups excluding carboxylic acids is 1. The second-order valence-electron chi connectivity index (χ2n) is 5.77. The van der Waals surface area contributed by atoms with Gasteiger partial charge in [-0.2, -0.15) is 0 Å². The van der Waals surface area contributed by atoms with Crippen LogP contribution in [0.2, 0.25) is 0 Å². The Labute approximate surface area is 123 Å². The van der Waals surface area contributed by atoms with Crippen molar-refractivity contribution in [2.24, 2.45) is 11.1 Å². The minimum absolute atomic E-state index is 0.0461. The largest absolute Gasteiger partial charge is 0.411 e. The number of oxime groups is 1. The number of fused-ring (bicyclic) bond motifs is 1. The Balaban J connectivity index is 1.75. The van der Waals surface area contributed by atoms with Gasteiger partial charge in [-0.25, -0.2) is 0 Å². The molecule has 5 heteroatoms. The summed E-state index contributed by atoms with van der Waals surface area (Å²) < 4.78 is 0. The van der Waals surface area contributed by atoms with E-state index < -0.39 is 0 Å². The van der Waals surface area contributed by atoms with Crippen molar-refractivity contribution in [2.75, 3.05) is 13.1 Å². The lowest BCUT2D eigenvalue weighted by atomic mass is 9.85. The normalized spacial score (nSPS) is 28.4. The fourth-order valence-corrected chi connectivity index (χ4v) is 4.32. The minimum atomic E-state index is 0.0461. The maximum absolute atomic E-state index is 12.8. The van der Waals surface area contributed by atoms with E-state index in [1.807, 2.05) is 11.8 Å². The molecule has 1 amide bonds. The van der Waals surface area contributed by atoms with Gasteiger partial charge in [0.1, 0.15) is 0 Å². The number of hydrogen-bond donors (Lipinski definition) is 1. The predicted molar refractivity (Wildman–Crippen MR) is 79.6 cm³/mol. The van der Waals surface area contributed by atoms with E-state index in [0.717, 1.165) is 25.0 Å². The summed E-state index contributed by atoms with van der Waals surface area (Å²) >= 11 is 1.77. The van der Waals surface area contributed by atoms with Gasteiger partial charge in [0.2, 0.25) is 5.91 Å². The fourth-order valence-electron chi connectivity index (χ4n) is 3.34. The van der Waals surface area contributed by atoms with Crippen molar-refractivity contribution in [3.63, 3.8) is 0 Å². The quantitative estimate of drug-likeness (QED) is 0.639. The second-order valence-corrected chi connectivity index (χ2v) is 6.77. The molecule has 2 atom stereocenters. The van der Waals surface area contributed by atoms with Gasteiger partial charge in [-0.15, -0.1) is 11.3 Å². The maximum Gasteiger partial charge on any atom is 0.230 e. The maximum atomic E-state index is 12.8. The lowest BCUT2D eigenvalue weighted by Gasteiger charge is -2.35. The average molecular weight is 292 g/mol. The molecule has 1 fully saturated rings. The van der Waals surface area contributed by atoms with E-state index >= 15 is 0 Å². The van der Waals surface area contributed by atoms with Crippen LogP contribution in [-0.4, -0.2) is 34.8 Å². The highest BCUT2D eigenvalue weighted by Gasteiger charge is 2.33. The van der Waals surface area contributed by atoms with Crippen molar-refractivity contribution < 1.29 is 10.0 Å². The number of hydrogen-bond acceptors (Lipinski definition) is 4. The lowest BCUT2D eigenvalue weighted by Crippen LogP contribution is -2.45. The number of amides is 1. The van der Waals surface area contributed by atoms with Crippen LogP contribution in [0.3, 0.4) is 0 Å². The lowest BCUT2D eigenvalue weighted by molar-refractivity contribution is -0.133. The van der Waals surface area contributed by atoms with E-state index in [9.17, 15) is 4.79 Å². The average Bonchev–Trinajstić information content (AvgIpc) is 2.94. The van der Waals surface area contributed by atoms with Gasteiger partial charge in [0.15, 0.2) is 0 Å². The van der Waals surface area contributed by atoms with Crippen LogP contribution in [0.4, 0.5) is 0 Å². The molecular weight excluding hydrogens is 272 g/mol. The molecule has 0 spiro atoms. The highest BCUT2D eigenvalue weighted by molar-refractivity contribution is 7.10. The monoisotopic (exact) mass is 292 g/mol. The minimum Gasteiger partial charge on any atom is -0.411 e. The first-order chi connectivity index (χ1) is 9.70. The van der Waals surface area contributed by atoms with Crippen molar-refractivity contribution in [3.8, 4) is 0 Å². The van der Waals surface area contributed by atoms with Gasteiger partial charge in [-0.05, 0) is 36.3 Å². The Morgan fingerprint density at radius 2 is 2.35 bits per heavy atom. The molecule has 1 saturated heterocycles. The molecule has 4 nitrogen and oxygen atoms in total.